The highest BCUT2D eigenvalue weighted by molar-refractivity contribution is 6.43. The van der Waals surface area contributed by atoms with Crippen molar-refractivity contribution in [1.29, 1.82) is 5.26 Å². The minimum atomic E-state index is -1.62. The number of hydrogen-bond acceptors (Lipinski definition) is 6. The van der Waals surface area contributed by atoms with Gasteiger partial charge in [-0.15, -0.1) is 0 Å². The van der Waals surface area contributed by atoms with Gasteiger partial charge >= 0.3 is 7.12 Å². The predicted octanol–water partition coefficient (Wildman–Crippen LogP) is 2.39. The van der Waals surface area contributed by atoms with Gasteiger partial charge in [-0.1, -0.05) is 42.5 Å². The molecule has 2 amide bonds. The molecule has 0 unspecified atom stereocenters. The van der Waals surface area contributed by atoms with Crippen molar-refractivity contribution in [1.82, 2.24) is 10.2 Å². The van der Waals surface area contributed by atoms with E-state index in [0.29, 0.717) is 30.8 Å². The molecule has 9 heteroatoms. The zero-order valence-electron chi connectivity index (χ0n) is 19.5. The number of likely N-dealkylation sites (N-methyl/N-ethyl adjacent to an activating group) is 1. The van der Waals surface area contributed by atoms with Gasteiger partial charge in [0.25, 0.3) is 5.91 Å². The van der Waals surface area contributed by atoms with Crippen molar-refractivity contribution in [3.05, 3.63) is 71.3 Å². The molecule has 0 aliphatic carbocycles. The maximum atomic E-state index is 12.4. The molecule has 2 rings (SSSR count). The third kappa shape index (κ3) is 8.39. The van der Waals surface area contributed by atoms with Crippen LogP contribution in [0.4, 0.5) is 0 Å². The summed E-state index contributed by atoms with van der Waals surface area (Å²) in [6.07, 6.45) is 1.79. The van der Waals surface area contributed by atoms with Gasteiger partial charge in [-0.2, -0.15) is 5.26 Å². The fourth-order valence-electron chi connectivity index (χ4n) is 3.39. The third-order valence-electron chi connectivity index (χ3n) is 5.29. The Kier molecular flexibility index (Phi) is 10.8. The number of nitriles is 1. The lowest BCUT2D eigenvalue weighted by Gasteiger charge is -2.17. The minimum absolute atomic E-state index is 0.0289. The molecular formula is C25H30BN3O5. The molecule has 0 radical (unpaired) electrons. The second kappa shape index (κ2) is 13.8. The molecule has 0 fully saturated rings. The van der Waals surface area contributed by atoms with Gasteiger partial charge in [0, 0.05) is 25.3 Å². The van der Waals surface area contributed by atoms with Gasteiger partial charge in [0.15, 0.2) is 6.73 Å². The number of rotatable bonds is 12. The average molecular weight is 463 g/mol. The minimum Gasteiger partial charge on any atom is -0.473 e. The summed E-state index contributed by atoms with van der Waals surface area (Å²) >= 11 is 0. The fraction of sp³-hybridized carbons (Fsp3) is 0.320. The summed E-state index contributed by atoms with van der Waals surface area (Å²) in [4.78, 5) is 26.3. The van der Waals surface area contributed by atoms with Gasteiger partial charge in [-0.25, -0.2) is 0 Å². The Labute approximate surface area is 200 Å². The zero-order chi connectivity index (χ0) is 24.9. The van der Waals surface area contributed by atoms with E-state index in [9.17, 15) is 24.9 Å². The summed E-state index contributed by atoms with van der Waals surface area (Å²) in [5, 5.41) is 31.3. The van der Waals surface area contributed by atoms with E-state index in [2.05, 4.69) is 5.32 Å². The standard InChI is InChI=1S/C25H30BN3O5/c1-3-29(4-2)25(31)21(17-27)13-20-11-8-12-23(15-20)34-18-28-24(30)16-22(26(32)33)14-19-9-6-5-7-10-19/h5-13,15,22,32-33H,3-4,14,16,18H2,1-2H3,(H,28,30)/t22-/m1/s1. The first-order chi connectivity index (χ1) is 16.4. The number of hydrogen-bond donors (Lipinski definition) is 3. The number of nitrogens with one attached hydrogen (secondary N) is 1. The lowest BCUT2D eigenvalue weighted by atomic mass is 9.67. The topological polar surface area (TPSA) is 123 Å². The lowest BCUT2D eigenvalue weighted by molar-refractivity contribution is -0.126. The summed E-state index contributed by atoms with van der Waals surface area (Å²) in [5.41, 5.74) is 1.55. The highest BCUT2D eigenvalue weighted by Crippen LogP contribution is 2.20. The van der Waals surface area contributed by atoms with Crippen molar-refractivity contribution in [2.75, 3.05) is 19.8 Å². The molecule has 2 aromatic carbocycles. The predicted molar refractivity (Wildman–Crippen MR) is 130 cm³/mol. The second-order valence-electron chi connectivity index (χ2n) is 7.68. The first-order valence-corrected chi connectivity index (χ1v) is 11.2. The van der Waals surface area contributed by atoms with Gasteiger partial charge in [-0.3, -0.25) is 9.59 Å². The zero-order valence-corrected chi connectivity index (χ0v) is 19.5. The third-order valence-corrected chi connectivity index (χ3v) is 5.29. The molecule has 0 aromatic heterocycles. The molecule has 0 heterocycles. The molecule has 3 N–H and O–H groups in total. The first kappa shape index (κ1) is 26.6. The molecule has 0 aliphatic rings. The van der Waals surface area contributed by atoms with Gasteiger partial charge in [0.2, 0.25) is 5.91 Å². The van der Waals surface area contributed by atoms with Crippen LogP contribution in [0.15, 0.2) is 60.2 Å². The Morgan fingerprint density at radius 3 is 2.47 bits per heavy atom. The highest BCUT2D eigenvalue weighted by Gasteiger charge is 2.26. The van der Waals surface area contributed by atoms with E-state index in [1.165, 1.54) is 6.08 Å². The Balaban J connectivity index is 1.93. The smallest absolute Gasteiger partial charge is 0.455 e. The van der Waals surface area contributed by atoms with E-state index in [0.717, 1.165) is 5.56 Å². The van der Waals surface area contributed by atoms with E-state index >= 15 is 0 Å². The Morgan fingerprint density at radius 1 is 1.15 bits per heavy atom. The number of amides is 2. The molecule has 1 atom stereocenters. The first-order valence-electron chi connectivity index (χ1n) is 11.2. The Hall–Kier alpha value is -3.61. The van der Waals surface area contributed by atoms with Crippen molar-refractivity contribution in [2.24, 2.45) is 0 Å². The van der Waals surface area contributed by atoms with Crippen LogP contribution in [-0.2, 0) is 16.0 Å². The van der Waals surface area contributed by atoms with Gasteiger partial charge in [0.05, 0.1) is 0 Å². The summed E-state index contributed by atoms with van der Waals surface area (Å²) in [6.45, 7) is 4.61. The largest absolute Gasteiger partial charge is 0.473 e. The molecular weight excluding hydrogens is 433 g/mol. The van der Waals surface area contributed by atoms with Gasteiger partial charge in [-0.05, 0) is 49.6 Å². The fourth-order valence-corrected chi connectivity index (χ4v) is 3.39. The van der Waals surface area contributed by atoms with Crippen LogP contribution in [0.25, 0.3) is 6.08 Å². The lowest BCUT2D eigenvalue weighted by Crippen LogP contribution is -2.32. The van der Waals surface area contributed by atoms with Crippen LogP contribution >= 0.6 is 0 Å². The number of benzene rings is 2. The SMILES string of the molecule is CCN(CC)C(=O)C(C#N)=Cc1cccc(OCNC(=O)C[C@@H](Cc2ccccc2)B(O)O)c1. The maximum absolute atomic E-state index is 12.4. The normalized spacial score (nSPS) is 11.8. The number of ether oxygens (including phenoxy) is 1. The van der Waals surface area contributed by atoms with Crippen LogP contribution in [0.5, 0.6) is 5.75 Å². The maximum Gasteiger partial charge on any atom is 0.455 e. The highest BCUT2D eigenvalue weighted by atomic mass is 16.5. The number of carbonyl (C=O) groups excluding carboxylic acids is 2. The number of carbonyl (C=O) groups is 2. The molecule has 0 aliphatic heterocycles. The van der Waals surface area contributed by atoms with E-state index in [-0.39, 0.29) is 30.5 Å². The van der Waals surface area contributed by atoms with Crippen molar-refractivity contribution in [2.45, 2.75) is 32.5 Å². The Bertz CT molecular complexity index is 1020. The molecule has 178 valence electrons. The molecule has 0 saturated heterocycles. The summed E-state index contributed by atoms with van der Waals surface area (Å²) in [5.74, 6) is -0.905. The summed E-state index contributed by atoms with van der Waals surface area (Å²) < 4.78 is 5.58. The van der Waals surface area contributed by atoms with Crippen molar-refractivity contribution in [3.63, 3.8) is 0 Å². The quantitative estimate of drug-likeness (QED) is 0.192. The van der Waals surface area contributed by atoms with Crippen LogP contribution in [0.3, 0.4) is 0 Å². The van der Waals surface area contributed by atoms with Crippen molar-refractivity contribution >= 4 is 25.0 Å². The molecule has 0 bridgehead atoms. The molecule has 2 aromatic rings. The molecule has 8 nitrogen and oxygen atoms in total. The molecule has 0 saturated carbocycles. The van der Waals surface area contributed by atoms with Crippen molar-refractivity contribution < 1.29 is 24.4 Å². The van der Waals surface area contributed by atoms with Crippen LogP contribution in [0.1, 0.15) is 31.4 Å². The van der Waals surface area contributed by atoms with Crippen LogP contribution in [0, 0.1) is 11.3 Å². The van der Waals surface area contributed by atoms with Gasteiger partial charge < -0.3 is 25.0 Å². The van der Waals surface area contributed by atoms with Crippen LogP contribution in [-0.4, -0.2) is 53.7 Å². The second-order valence-corrected chi connectivity index (χ2v) is 7.68. The molecule has 34 heavy (non-hydrogen) atoms. The number of nitrogens with zero attached hydrogens (tertiary/aromatic N) is 2. The van der Waals surface area contributed by atoms with Crippen LogP contribution in [0.2, 0.25) is 5.82 Å². The van der Waals surface area contributed by atoms with E-state index in [1.807, 2.05) is 50.2 Å². The monoisotopic (exact) mass is 463 g/mol. The average Bonchev–Trinajstić information content (AvgIpc) is 2.83. The summed E-state index contributed by atoms with van der Waals surface area (Å²) in [6, 6.07) is 18.1. The van der Waals surface area contributed by atoms with E-state index in [4.69, 9.17) is 4.74 Å². The van der Waals surface area contributed by atoms with E-state index < -0.39 is 12.9 Å². The van der Waals surface area contributed by atoms with Gasteiger partial charge in [0.1, 0.15) is 17.4 Å². The van der Waals surface area contributed by atoms with Crippen molar-refractivity contribution in [3.8, 4) is 11.8 Å². The van der Waals surface area contributed by atoms with Crippen LogP contribution < -0.4 is 10.1 Å². The Morgan fingerprint density at radius 2 is 1.85 bits per heavy atom. The summed E-state index contributed by atoms with van der Waals surface area (Å²) in [7, 11) is -1.62. The van der Waals surface area contributed by atoms with E-state index in [1.54, 1.807) is 29.2 Å². The molecule has 0 spiro atoms.